The lowest BCUT2D eigenvalue weighted by molar-refractivity contribution is 0.0986. The van der Waals surface area contributed by atoms with Crippen LogP contribution in [-0.2, 0) is 0 Å². The molecule has 0 saturated heterocycles. The summed E-state index contributed by atoms with van der Waals surface area (Å²) in [6, 6.07) is 10.7. The van der Waals surface area contributed by atoms with E-state index in [4.69, 9.17) is 23.2 Å². The van der Waals surface area contributed by atoms with Gasteiger partial charge in [0.1, 0.15) is 10.2 Å². The van der Waals surface area contributed by atoms with Crippen LogP contribution in [0.2, 0.25) is 10.2 Å². The summed E-state index contributed by atoms with van der Waals surface area (Å²) in [5, 5.41) is 10.5. The number of carbonyl (C=O) groups excluding carboxylic acids is 1. The average Bonchev–Trinajstić information content (AvgIpc) is 3.11. The topological polar surface area (TPSA) is 59.0 Å². The first kappa shape index (κ1) is 19.7. The molecule has 140 valence electrons. The summed E-state index contributed by atoms with van der Waals surface area (Å²) < 4.78 is 0. The highest BCUT2D eigenvalue weighted by Crippen LogP contribution is 2.31. The van der Waals surface area contributed by atoms with Crippen molar-refractivity contribution in [2.24, 2.45) is 0 Å². The molecule has 3 aromatic rings. The van der Waals surface area contributed by atoms with Gasteiger partial charge < -0.3 is 0 Å². The van der Waals surface area contributed by atoms with E-state index in [0.29, 0.717) is 32.4 Å². The third-order valence-electron chi connectivity index (χ3n) is 3.90. The van der Waals surface area contributed by atoms with E-state index in [1.807, 2.05) is 13.0 Å². The molecule has 1 amide bonds. The number of pyridine rings is 1. The van der Waals surface area contributed by atoms with Crippen molar-refractivity contribution in [3.63, 3.8) is 0 Å². The normalized spacial score (nSPS) is 10.8. The molecule has 0 bridgehead atoms. The minimum atomic E-state index is -0.180. The molecule has 0 unspecified atom stereocenters. The maximum Gasteiger partial charge on any atom is 0.261 e. The van der Waals surface area contributed by atoms with E-state index in [1.54, 1.807) is 35.2 Å². The first-order valence-electron chi connectivity index (χ1n) is 8.54. The molecule has 0 spiro atoms. The van der Waals surface area contributed by atoms with Gasteiger partial charge in [-0.05, 0) is 37.6 Å². The fourth-order valence-corrected chi connectivity index (χ4v) is 3.90. The molecule has 3 rings (SSSR count). The molecule has 2 heterocycles. The first-order valence-corrected chi connectivity index (χ1v) is 10.1. The van der Waals surface area contributed by atoms with Crippen LogP contribution in [0.25, 0.3) is 10.6 Å². The highest BCUT2D eigenvalue weighted by Gasteiger charge is 2.23. The van der Waals surface area contributed by atoms with Gasteiger partial charge in [0.05, 0.1) is 10.6 Å². The number of rotatable bonds is 6. The zero-order chi connectivity index (χ0) is 19.4. The van der Waals surface area contributed by atoms with Crippen molar-refractivity contribution in [3.05, 3.63) is 57.8 Å². The first-order chi connectivity index (χ1) is 13.0. The largest absolute Gasteiger partial charge is 0.283 e. The van der Waals surface area contributed by atoms with Crippen LogP contribution in [0, 0.1) is 6.92 Å². The average molecular weight is 421 g/mol. The van der Waals surface area contributed by atoms with Gasteiger partial charge in [0.25, 0.3) is 5.91 Å². The van der Waals surface area contributed by atoms with Crippen LogP contribution >= 0.6 is 34.5 Å². The smallest absolute Gasteiger partial charge is 0.261 e. The number of hydrogen-bond acceptors (Lipinski definition) is 5. The molecule has 0 atom stereocenters. The highest BCUT2D eigenvalue weighted by molar-refractivity contribution is 7.18. The molecule has 0 radical (unpaired) electrons. The minimum absolute atomic E-state index is 0.180. The molecule has 8 heteroatoms. The van der Waals surface area contributed by atoms with Crippen molar-refractivity contribution in [1.29, 1.82) is 0 Å². The second kappa shape index (κ2) is 8.78. The summed E-state index contributed by atoms with van der Waals surface area (Å²) in [5.41, 5.74) is 2.08. The summed E-state index contributed by atoms with van der Waals surface area (Å²) in [6.07, 6.45) is 1.81. The molecule has 5 nitrogen and oxygen atoms in total. The third-order valence-corrected chi connectivity index (χ3v) is 5.42. The molecule has 0 N–H and O–H groups in total. The summed E-state index contributed by atoms with van der Waals surface area (Å²) >= 11 is 13.6. The van der Waals surface area contributed by atoms with Crippen LogP contribution < -0.4 is 4.90 Å². The molecule has 0 saturated carbocycles. The van der Waals surface area contributed by atoms with Crippen LogP contribution in [-0.4, -0.2) is 27.6 Å². The van der Waals surface area contributed by atoms with Gasteiger partial charge in [0.2, 0.25) is 5.13 Å². The lowest BCUT2D eigenvalue weighted by Gasteiger charge is -2.19. The number of nitrogens with zero attached hydrogens (tertiary/aromatic N) is 4. The van der Waals surface area contributed by atoms with E-state index in [-0.39, 0.29) is 5.91 Å². The Labute approximate surface area is 172 Å². The molecule has 0 aliphatic rings. The minimum Gasteiger partial charge on any atom is -0.283 e. The fraction of sp³-hybridized carbons (Fsp3) is 0.263. The summed E-state index contributed by atoms with van der Waals surface area (Å²) in [6.45, 7) is 4.49. The van der Waals surface area contributed by atoms with Crippen LogP contribution in [0.3, 0.4) is 0 Å². The van der Waals surface area contributed by atoms with Gasteiger partial charge in [-0.15, -0.1) is 10.2 Å². The highest BCUT2D eigenvalue weighted by atomic mass is 35.5. The fourth-order valence-electron chi connectivity index (χ4n) is 2.57. The maximum atomic E-state index is 13.1. The van der Waals surface area contributed by atoms with Gasteiger partial charge in [-0.1, -0.05) is 60.0 Å². The Bertz CT molecular complexity index is 940. The number of halogens is 2. The van der Waals surface area contributed by atoms with Crippen molar-refractivity contribution in [1.82, 2.24) is 15.2 Å². The maximum absolute atomic E-state index is 13.1. The lowest BCUT2D eigenvalue weighted by Crippen LogP contribution is -2.32. The Kier molecular flexibility index (Phi) is 6.42. The van der Waals surface area contributed by atoms with E-state index in [1.165, 1.54) is 11.3 Å². The van der Waals surface area contributed by atoms with Gasteiger partial charge in [-0.3, -0.25) is 9.69 Å². The second-order valence-corrected chi connectivity index (χ2v) is 7.75. The summed E-state index contributed by atoms with van der Waals surface area (Å²) in [4.78, 5) is 18.9. The van der Waals surface area contributed by atoms with Crippen molar-refractivity contribution in [3.8, 4) is 10.6 Å². The third kappa shape index (κ3) is 4.64. The van der Waals surface area contributed by atoms with Crippen LogP contribution in [0.1, 0.15) is 35.8 Å². The zero-order valence-corrected chi connectivity index (χ0v) is 17.3. The van der Waals surface area contributed by atoms with Gasteiger partial charge >= 0.3 is 0 Å². The molecule has 0 aliphatic carbocycles. The predicted octanol–water partition coefficient (Wildman–Crippen LogP) is 5.66. The van der Waals surface area contributed by atoms with Gasteiger partial charge in [-0.25, -0.2) is 4.98 Å². The molecular formula is C19H18Cl2N4OS. The lowest BCUT2D eigenvalue weighted by atomic mass is 10.2. The van der Waals surface area contributed by atoms with Crippen molar-refractivity contribution >= 4 is 45.6 Å². The van der Waals surface area contributed by atoms with Gasteiger partial charge in [0, 0.05) is 17.8 Å². The molecule has 27 heavy (non-hydrogen) atoms. The Morgan fingerprint density at radius 1 is 1.19 bits per heavy atom. The Morgan fingerprint density at radius 2 is 1.96 bits per heavy atom. The van der Waals surface area contributed by atoms with E-state index in [0.717, 1.165) is 24.1 Å². The molecular weight excluding hydrogens is 403 g/mol. The molecule has 0 aliphatic heterocycles. The number of hydrogen-bond donors (Lipinski definition) is 0. The van der Waals surface area contributed by atoms with Gasteiger partial charge in [-0.2, -0.15) is 0 Å². The van der Waals surface area contributed by atoms with E-state index in [2.05, 4.69) is 22.1 Å². The Balaban J connectivity index is 1.95. The summed E-state index contributed by atoms with van der Waals surface area (Å²) in [7, 11) is 0. The SMILES string of the molecule is CCCCN(C(=O)c1ccccc1Cl)c1nnc(-c2cc(C)nc(Cl)c2)s1. The Morgan fingerprint density at radius 3 is 2.67 bits per heavy atom. The number of aromatic nitrogens is 3. The molecule has 0 fully saturated rings. The van der Waals surface area contributed by atoms with Crippen LogP contribution in [0.15, 0.2) is 36.4 Å². The van der Waals surface area contributed by atoms with Crippen molar-refractivity contribution in [2.45, 2.75) is 26.7 Å². The number of amides is 1. The number of aryl methyl sites for hydroxylation is 1. The molecule has 2 aromatic heterocycles. The number of unbranched alkanes of at least 4 members (excludes halogenated alkanes) is 1. The van der Waals surface area contributed by atoms with Crippen LogP contribution in [0.5, 0.6) is 0 Å². The quantitative estimate of drug-likeness (QED) is 0.482. The van der Waals surface area contributed by atoms with Crippen molar-refractivity contribution in [2.75, 3.05) is 11.4 Å². The molecule has 1 aromatic carbocycles. The van der Waals surface area contributed by atoms with Crippen molar-refractivity contribution < 1.29 is 4.79 Å². The van der Waals surface area contributed by atoms with E-state index in [9.17, 15) is 4.79 Å². The van der Waals surface area contributed by atoms with E-state index < -0.39 is 0 Å². The van der Waals surface area contributed by atoms with Crippen LogP contribution in [0.4, 0.5) is 5.13 Å². The number of anilines is 1. The number of benzene rings is 1. The Hall–Kier alpha value is -2.02. The predicted molar refractivity (Wildman–Crippen MR) is 111 cm³/mol. The second-order valence-electron chi connectivity index (χ2n) is 6.00. The summed E-state index contributed by atoms with van der Waals surface area (Å²) in [5.74, 6) is -0.180. The number of carbonyl (C=O) groups is 1. The van der Waals surface area contributed by atoms with E-state index >= 15 is 0 Å². The standard InChI is InChI=1S/C19H18Cl2N4OS/c1-3-4-9-25(18(26)14-7-5-6-8-15(14)20)19-24-23-17(27-19)13-10-12(2)22-16(21)11-13/h5-8,10-11H,3-4,9H2,1-2H3. The zero-order valence-electron chi connectivity index (χ0n) is 14.9. The van der Waals surface area contributed by atoms with Gasteiger partial charge in [0.15, 0.2) is 0 Å². The monoisotopic (exact) mass is 420 g/mol.